The zero-order valence-electron chi connectivity index (χ0n) is 17.4. The Labute approximate surface area is 179 Å². The van der Waals surface area contributed by atoms with E-state index in [4.69, 9.17) is 0 Å². The molecule has 4 aromatic rings. The third-order valence-electron chi connectivity index (χ3n) is 5.54. The number of benzene rings is 2. The minimum atomic E-state index is -0.637. The van der Waals surface area contributed by atoms with E-state index < -0.39 is 6.04 Å². The van der Waals surface area contributed by atoms with E-state index in [2.05, 4.69) is 29.5 Å². The van der Waals surface area contributed by atoms with Gasteiger partial charge in [0.25, 0.3) is 5.56 Å². The summed E-state index contributed by atoms with van der Waals surface area (Å²) in [5, 5.41) is 9.13. The SMILES string of the molecule is CCC(C(=O)NCC(C)c1ccccc1)n1nc(C)c2sc3ccccc3c2c1=O. The van der Waals surface area contributed by atoms with Gasteiger partial charge in [0.2, 0.25) is 5.91 Å². The molecule has 0 saturated heterocycles. The van der Waals surface area contributed by atoms with Crippen molar-refractivity contribution >= 4 is 37.4 Å². The topological polar surface area (TPSA) is 64.0 Å². The third-order valence-corrected chi connectivity index (χ3v) is 6.82. The van der Waals surface area contributed by atoms with Crippen LogP contribution < -0.4 is 10.9 Å². The first-order chi connectivity index (χ1) is 14.5. The molecule has 2 aromatic carbocycles. The fourth-order valence-electron chi connectivity index (χ4n) is 3.83. The van der Waals surface area contributed by atoms with E-state index in [1.54, 1.807) is 11.3 Å². The van der Waals surface area contributed by atoms with Gasteiger partial charge in [-0.3, -0.25) is 9.59 Å². The lowest BCUT2D eigenvalue weighted by atomic mass is 10.0. The van der Waals surface area contributed by atoms with E-state index in [9.17, 15) is 9.59 Å². The first-order valence-electron chi connectivity index (χ1n) is 10.2. The van der Waals surface area contributed by atoms with Crippen LogP contribution in [0.15, 0.2) is 59.4 Å². The maximum atomic E-state index is 13.3. The van der Waals surface area contributed by atoms with Crippen molar-refractivity contribution < 1.29 is 4.79 Å². The van der Waals surface area contributed by atoms with Crippen LogP contribution in [0.1, 0.15) is 43.5 Å². The summed E-state index contributed by atoms with van der Waals surface area (Å²) in [6, 6.07) is 17.3. The molecule has 2 aromatic heterocycles. The van der Waals surface area contributed by atoms with Crippen LogP contribution >= 0.6 is 11.3 Å². The predicted molar refractivity (Wildman–Crippen MR) is 123 cm³/mol. The molecule has 154 valence electrons. The van der Waals surface area contributed by atoms with Crippen molar-refractivity contribution in [1.29, 1.82) is 0 Å². The summed E-state index contributed by atoms with van der Waals surface area (Å²) in [5.41, 5.74) is 1.74. The number of hydrogen-bond donors (Lipinski definition) is 1. The molecule has 0 saturated carbocycles. The van der Waals surface area contributed by atoms with Gasteiger partial charge in [0.05, 0.1) is 15.8 Å². The number of hydrogen-bond acceptors (Lipinski definition) is 4. The fourth-order valence-corrected chi connectivity index (χ4v) is 4.97. The van der Waals surface area contributed by atoms with E-state index >= 15 is 0 Å². The second-order valence-corrected chi connectivity index (χ2v) is 8.67. The quantitative estimate of drug-likeness (QED) is 0.489. The molecule has 2 atom stereocenters. The van der Waals surface area contributed by atoms with Gasteiger partial charge in [-0.25, -0.2) is 4.68 Å². The summed E-state index contributed by atoms with van der Waals surface area (Å²) in [4.78, 5) is 26.4. The van der Waals surface area contributed by atoms with Gasteiger partial charge in [-0.05, 0) is 30.9 Å². The van der Waals surface area contributed by atoms with Gasteiger partial charge in [0, 0.05) is 16.6 Å². The standard InChI is InChI=1S/C24H25N3O2S/c1-4-19(23(28)25-14-15(2)17-10-6-5-7-11-17)27-24(29)21-18-12-8-9-13-20(18)30-22(21)16(3)26-27/h5-13,15,19H,4,14H2,1-3H3,(H,25,28). The molecule has 0 bridgehead atoms. The van der Waals surface area contributed by atoms with Crippen molar-refractivity contribution in [1.82, 2.24) is 15.1 Å². The molecule has 30 heavy (non-hydrogen) atoms. The largest absolute Gasteiger partial charge is 0.354 e. The summed E-state index contributed by atoms with van der Waals surface area (Å²) in [6.45, 7) is 6.39. The summed E-state index contributed by atoms with van der Waals surface area (Å²) in [7, 11) is 0. The van der Waals surface area contributed by atoms with Gasteiger partial charge in [-0.2, -0.15) is 5.10 Å². The first kappa shape index (κ1) is 20.3. The van der Waals surface area contributed by atoms with Gasteiger partial charge in [0.15, 0.2) is 0 Å². The minimum absolute atomic E-state index is 0.173. The fraction of sp³-hybridized carbons (Fsp3) is 0.292. The molecule has 2 heterocycles. The highest BCUT2D eigenvalue weighted by atomic mass is 32.1. The van der Waals surface area contributed by atoms with Gasteiger partial charge >= 0.3 is 0 Å². The normalized spacial score (nSPS) is 13.4. The molecule has 1 amide bonds. The number of aryl methyl sites for hydroxylation is 1. The summed E-state index contributed by atoms with van der Waals surface area (Å²) in [6.07, 6.45) is 0.492. The Morgan fingerprint density at radius 3 is 2.57 bits per heavy atom. The van der Waals surface area contributed by atoms with Crippen molar-refractivity contribution in [3.63, 3.8) is 0 Å². The molecule has 0 fully saturated rings. The molecule has 0 spiro atoms. The smallest absolute Gasteiger partial charge is 0.276 e. The number of rotatable bonds is 6. The van der Waals surface area contributed by atoms with E-state index in [-0.39, 0.29) is 17.4 Å². The molecular formula is C24H25N3O2S. The number of carbonyl (C=O) groups excluding carboxylic acids is 1. The average Bonchev–Trinajstić information content (AvgIpc) is 3.17. The van der Waals surface area contributed by atoms with Crippen LogP contribution in [0.25, 0.3) is 20.2 Å². The molecule has 0 aliphatic carbocycles. The molecular weight excluding hydrogens is 394 g/mol. The Balaban J connectivity index is 1.65. The Morgan fingerprint density at radius 2 is 1.83 bits per heavy atom. The van der Waals surface area contributed by atoms with Crippen molar-refractivity contribution in [3.05, 3.63) is 76.2 Å². The second kappa shape index (κ2) is 8.40. The number of thiophene rings is 1. The van der Waals surface area contributed by atoms with E-state index in [1.165, 1.54) is 10.2 Å². The van der Waals surface area contributed by atoms with E-state index in [1.807, 2.05) is 56.3 Å². The highest BCUT2D eigenvalue weighted by Gasteiger charge is 2.24. The Morgan fingerprint density at radius 1 is 1.13 bits per heavy atom. The molecule has 0 aliphatic rings. The molecule has 6 heteroatoms. The van der Waals surface area contributed by atoms with Crippen LogP contribution in [0.2, 0.25) is 0 Å². The van der Waals surface area contributed by atoms with Gasteiger partial charge in [0.1, 0.15) is 6.04 Å². The van der Waals surface area contributed by atoms with Crippen LogP contribution in [0.4, 0.5) is 0 Å². The summed E-state index contributed by atoms with van der Waals surface area (Å²) >= 11 is 1.57. The predicted octanol–water partition coefficient (Wildman–Crippen LogP) is 4.79. The summed E-state index contributed by atoms with van der Waals surface area (Å²) in [5.74, 6) is 0.00976. The molecule has 4 rings (SSSR count). The van der Waals surface area contributed by atoms with Crippen molar-refractivity contribution in [2.45, 2.75) is 39.2 Å². The van der Waals surface area contributed by atoms with E-state index in [0.717, 1.165) is 20.5 Å². The van der Waals surface area contributed by atoms with Crippen molar-refractivity contribution in [2.75, 3.05) is 6.54 Å². The summed E-state index contributed by atoms with van der Waals surface area (Å²) < 4.78 is 3.33. The second-order valence-electron chi connectivity index (χ2n) is 7.62. The number of nitrogens with one attached hydrogen (secondary N) is 1. The maximum Gasteiger partial charge on any atom is 0.276 e. The van der Waals surface area contributed by atoms with Crippen LogP contribution in [0.5, 0.6) is 0 Å². The first-order valence-corrected chi connectivity index (χ1v) is 11.1. The maximum absolute atomic E-state index is 13.3. The zero-order valence-corrected chi connectivity index (χ0v) is 18.2. The minimum Gasteiger partial charge on any atom is -0.354 e. The van der Waals surface area contributed by atoms with Gasteiger partial charge in [-0.1, -0.05) is 62.4 Å². The lowest BCUT2D eigenvalue weighted by Gasteiger charge is -2.19. The lowest BCUT2D eigenvalue weighted by molar-refractivity contribution is -0.124. The van der Waals surface area contributed by atoms with Crippen LogP contribution in [0, 0.1) is 6.92 Å². The molecule has 5 nitrogen and oxygen atoms in total. The lowest BCUT2D eigenvalue weighted by Crippen LogP contribution is -2.39. The molecule has 2 unspecified atom stereocenters. The molecule has 0 aliphatic heterocycles. The number of fused-ring (bicyclic) bond motifs is 3. The Bertz CT molecular complexity index is 1260. The monoisotopic (exact) mass is 419 g/mol. The van der Waals surface area contributed by atoms with E-state index in [0.29, 0.717) is 18.4 Å². The average molecular weight is 420 g/mol. The molecule has 1 N–H and O–H groups in total. The number of nitrogens with zero attached hydrogens (tertiary/aromatic N) is 2. The van der Waals surface area contributed by atoms with Crippen LogP contribution in [-0.4, -0.2) is 22.2 Å². The highest BCUT2D eigenvalue weighted by molar-refractivity contribution is 7.26. The Hall–Kier alpha value is -2.99. The highest BCUT2D eigenvalue weighted by Crippen LogP contribution is 2.33. The van der Waals surface area contributed by atoms with Crippen molar-refractivity contribution in [3.8, 4) is 0 Å². The van der Waals surface area contributed by atoms with Gasteiger partial charge < -0.3 is 5.32 Å². The number of carbonyl (C=O) groups is 1. The zero-order chi connectivity index (χ0) is 21.3. The van der Waals surface area contributed by atoms with Gasteiger partial charge in [-0.15, -0.1) is 11.3 Å². The number of amides is 1. The third kappa shape index (κ3) is 3.63. The van der Waals surface area contributed by atoms with Crippen molar-refractivity contribution in [2.24, 2.45) is 0 Å². The molecule has 0 radical (unpaired) electrons. The van der Waals surface area contributed by atoms with Crippen LogP contribution in [-0.2, 0) is 4.79 Å². The Kier molecular flexibility index (Phi) is 5.68. The number of aromatic nitrogens is 2. The van der Waals surface area contributed by atoms with Crippen LogP contribution in [0.3, 0.4) is 0 Å².